The Morgan fingerprint density at radius 2 is 1.90 bits per heavy atom. The van der Waals surface area contributed by atoms with Crippen molar-refractivity contribution in [1.29, 1.82) is 0 Å². The van der Waals surface area contributed by atoms with Crippen molar-refractivity contribution in [2.75, 3.05) is 30.4 Å². The van der Waals surface area contributed by atoms with Gasteiger partial charge in [-0.1, -0.05) is 35.9 Å². The largest absolute Gasteiger partial charge is 0.333 e. The van der Waals surface area contributed by atoms with E-state index in [0.29, 0.717) is 17.1 Å². The highest BCUT2D eigenvalue weighted by Gasteiger charge is 2.21. The second-order valence-corrected chi connectivity index (χ2v) is 7.20. The van der Waals surface area contributed by atoms with Crippen LogP contribution in [0.1, 0.15) is 18.4 Å². The van der Waals surface area contributed by atoms with Gasteiger partial charge in [-0.2, -0.15) is 0 Å². The Balaban J connectivity index is 1.53. The number of amides is 3. The number of hydrogen-bond donors (Lipinski definition) is 1. The van der Waals surface area contributed by atoms with Gasteiger partial charge in [-0.15, -0.1) is 0 Å². The van der Waals surface area contributed by atoms with Crippen LogP contribution < -0.4 is 10.2 Å². The molecule has 0 unspecified atom stereocenters. The van der Waals surface area contributed by atoms with Crippen molar-refractivity contribution in [3.63, 3.8) is 0 Å². The van der Waals surface area contributed by atoms with Crippen LogP contribution in [0.2, 0.25) is 5.02 Å². The molecule has 3 rings (SSSR count). The molecule has 0 spiro atoms. The number of hydrogen-bond acceptors (Lipinski definition) is 3. The lowest BCUT2D eigenvalue weighted by Gasteiger charge is -2.16. The number of nitrogens with zero attached hydrogens (tertiary/aromatic N) is 2. The smallest absolute Gasteiger partial charge is 0.246 e. The quantitative estimate of drug-likeness (QED) is 0.738. The molecule has 1 aliphatic heterocycles. The molecule has 3 amide bonds. The summed E-state index contributed by atoms with van der Waals surface area (Å²) in [6.07, 6.45) is 4.57. The fourth-order valence-corrected chi connectivity index (χ4v) is 3.21. The average Bonchev–Trinajstić information content (AvgIpc) is 3.14. The lowest BCUT2D eigenvalue weighted by atomic mass is 10.2. The SMILES string of the molecule is CN(CC(=O)Nc1ccccc1Cl)C(=O)/C=C/c1ccc(N2CCCC2=O)cc1. The molecule has 1 saturated heterocycles. The van der Waals surface area contributed by atoms with Crippen molar-refractivity contribution in [3.8, 4) is 0 Å². The molecule has 150 valence electrons. The normalized spacial score (nSPS) is 13.7. The van der Waals surface area contributed by atoms with Crippen LogP contribution in [0.25, 0.3) is 6.08 Å². The number of carbonyl (C=O) groups is 3. The lowest BCUT2D eigenvalue weighted by molar-refractivity contribution is -0.129. The third-order valence-electron chi connectivity index (χ3n) is 4.60. The number of halogens is 1. The lowest BCUT2D eigenvalue weighted by Crippen LogP contribution is -2.33. The van der Waals surface area contributed by atoms with E-state index in [2.05, 4.69) is 5.32 Å². The van der Waals surface area contributed by atoms with Gasteiger partial charge in [0.2, 0.25) is 17.7 Å². The van der Waals surface area contributed by atoms with Gasteiger partial charge < -0.3 is 15.1 Å². The highest BCUT2D eigenvalue weighted by molar-refractivity contribution is 6.33. The van der Waals surface area contributed by atoms with Crippen LogP contribution in [-0.4, -0.2) is 42.8 Å². The van der Waals surface area contributed by atoms with Crippen molar-refractivity contribution in [2.45, 2.75) is 12.8 Å². The van der Waals surface area contributed by atoms with E-state index < -0.39 is 0 Å². The first kappa shape index (κ1) is 20.6. The summed E-state index contributed by atoms with van der Waals surface area (Å²) in [5, 5.41) is 3.12. The molecule has 2 aromatic carbocycles. The van der Waals surface area contributed by atoms with E-state index in [1.54, 1.807) is 42.3 Å². The first-order valence-electron chi connectivity index (χ1n) is 9.32. The zero-order chi connectivity index (χ0) is 20.8. The van der Waals surface area contributed by atoms with Crippen molar-refractivity contribution in [1.82, 2.24) is 4.90 Å². The van der Waals surface area contributed by atoms with E-state index in [1.807, 2.05) is 24.3 Å². The van der Waals surface area contributed by atoms with Crippen LogP contribution in [0.4, 0.5) is 11.4 Å². The molecule has 6 nitrogen and oxygen atoms in total. The second kappa shape index (κ2) is 9.39. The first-order chi connectivity index (χ1) is 13.9. The summed E-state index contributed by atoms with van der Waals surface area (Å²) in [5.41, 5.74) is 2.21. The third kappa shape index (κ3) is 5.45. The molecular formula is C22H22ClN3O3. The minimum atomic E-state index is -0.331. The summed E-state index contributed by atoms with van der Waals surface area (Å²) in [6, 6.07) is 14.4. The van der Waals surface area contributed by atoms with E-state index >= 15 is 0 Å². The number of carbonyl (C=O) groups excluding carboxylic acids is 3. The summed E-state index contributed by atoms with van der Waals surface area (Å²) >= 11 is 6.02. The van der Waals surface area contributed by atoms with Gasteiger partial charge in [-0.25, -0.2) is 0 Å². The molecule has 1 fully saturated rings. The Kier molecular flexibility index (Phi) is 6.67. The van der Waals surface area contributed by atoms with Gasteiger partial charge in [0.25, 0.3) is 0 Å². The molecule has 1 aliphatic rings. The Morgan fingerprint density at radius 3 is 2.55 bits per heavy atom. The van der Waals surface area contributed by atoms with Gasteiger partial charge in [0, 0.05) is 31.8 Å². The Morgan fingerprint density at radius 1 is 1.17 bits per heavy atom. The molecule has 29 heavy (non-hydrogen) atoms. The fourth-order valence-electron chi connectivity index (χ4n) is 3.03. The predicted octanol–water partition coefficient (Wildman–Crippen LogP) is 3.58. The number of para-hydroxylation sites is 1. The number of likely N-dealkylation sites (N-methyl/N-ethyl adjacent to an activating group) is 1. The molecule has 1 heterocycles. The minimum absolute atomic E-state index is 0.0929. The monoisotopic (exact) mass is 411 g/mol. The van der Waals surface area contributed by atoms with E-state index in [9.17, 15) is 14.4 Å². The predicted molar refractivity (Wildman–Crippen MR) is 115 cm³/mol. The van der Waals surface area contributed by atoms with Crippen molar-refractivity contribution >= 4 is 46.8 Å². The molecule has 2 aromatic rings. The summed E-state index contributed by atoms with van der Waals surface area (Å²) < 4.78 is 0. The van der Waals surface area contributed by atoms with E-state index in [1.165, 1.54) is 11.0 Å². The third-order valence-corrected chi connectivity index (χ3v) is 4.93. The minimum Gasteiger partial charge on any atom is -0.333 e. The topological polar surface area (TPSA) is 69.7 Å². The molecule has 0 aromatic heterocycles. The summed E-state index contributed by atoms with van der Waals surface area (Å²) in [7, 11) is 1.56. The first-order valence-corrected chi connectivity index (χ1v) is 9.70. The van der Waals surface area contributed by atoms with Crippen LogP contribution >= 0.6 is 11.6 Å². The maximum absolute atomic E-state index is 12.3. The van der Waals surface area contributed by atoms with Crippen LogP contribution in [0.5, 0.6) is 0 Å². The molecule has 0 aliphatic carbocycles. The molecule has 7 heteroatoms. The summed E-state index contributed by atoms with van der Waals surface area (Å²) in [4.78, 5) is 39.3. The van der Waals surface area contributed by atoms with Crippen molar-refractivity contribution in [2.24, 2.45) is 0 Å². The van der Waals surface area contributed by atoms with Crippen LogP contribution in [0.3, 0.4) is 0 Å². The molecular weight excluding hydrogens is 390 g/mol. The number of benzene rings is 2. The number of anilines is 2. The molecule has 0 saturated carbocycles. The molecule has 0 radical (unpaired) electrons. The zero-order valence-electron chi connectivity index (χ0n) is 16.1. The maximum Gasteiger partial charge on any atom is 0.246 e. The molecule has 0 bridgehead atoms. The highest BCUT2D eigenvalue weighted by atomic mass is 35.5. The van der Waals surface area contributed by atoms with Gasteiger partial charge >= 0.3 is 0 Å². The van der Waals surface area contributed by atoms with E-state index in [0.717, 1.165) is 24.2 Å². The van der Waals surface area contributed by atoms with Crippen LogP contribution in [0.15, 0.2) is 54.6 Å². The van der Waals surface area contributed by atoms with E-state index in [4.69, 9.17) is 11.6 Å². The highest BCUT2D eigenvalue weighted by Crippen LogP contribution is 2.22. The van der Waals surface area contributed by atoms with Gasteiger partial charge in [0.15, 0.2) is 0 Å². The van der Waals surface area contributed by atoms with Gasteiger partial charge in [0.1, 0.15) is 0 Å². The van der Waals surface area contributed by atoms with Crippen molar-refractivity contribution in [3.05, 3.63) is 65.2 Å². The van der Waals surface area contributed by atoms with Crippen LogP contribution in [0, 0.1) is 0 Å². The Hall–Kier alpha value is -3.12. The van der Waals surface area contributed by atoms with Gasteiger partial charge in [0.05, 0.1) is 17.3 Å². The molecule has 0 atom stereocenters. The second-order valence-electron chi connectivity index (χ2n) is 6.80. The average molecular weight is 412 g/mol. The Bertz CT molecular complexity index is 941. The standard InChI is InChI=1S/C22H22ClN3O3/c1-25(15-20(27)24-19-6-3-2-5-18(19)23)21(28)13-10-16-8-11-17(12-9-16)26-14-4-7-22(26)29/h2-3,5-6,8-13H,4,7,14-15H2,1H3,(H,24,27)/b13-10+. The maximum atomic E-state index is 12.3. The summed E-state index contributed by atoms with van der Waals surface area (Å²) in [5.74, 6) is -0.486. The summed E-state index contributed by atoms with van der Waals surface area (Å²) in [6.45, 7) is 0.651. The van der Waals surface area contributed by atoms with Gasteiger partial charge in [-0.05, 0) is 42.3 Å². The number of nitrogens with one attached hydrogen (secondary N) is 1. The molecule has 1 N–H and O–H groups in total. The Labute approximate surface area is 174 Å². The van der Waals surface area contributed by atoms with Gasteiger partial charge in [-0.3, -0.25) is 14.4 Å². The fraction of sp³-hybridized carbons (Fsp3) is 0.227. The van der Waals surface area contributed by atoms with E-state index in [-0.39, 0.29) is 24.3 Å². The van der Waals surface area contributed by atoms with Crippen molar-refractivity contribution < 1.29 is 14.4 Å². The van der Waals surface area contributed by atoms with Crippen LogP contribution in [-0.2, 0) is 14.4 Å². The zero-order valence-corrected chi connectivity index (χ0v) is 16.9. The number of rotatable bonds is 6.